The molecule has 2 amide bonds. The number of amides is 2. The molecule has 5 rings (SSSR count). The lowest BCUT2D eigenvalue weighted by atomic mass is 10.00. The summed E-state index contributed by atoms with van der Waals surface area (Å²) in [4.78, 5) is 31.3. The quantitative estimate of drug-likeness (QED) is 0.702. The first-order valence-electron chi connectivity index (χ1n) is 10.3. The van der Waals surface area contributed by atoms with Crippen LogP contribution in [0.5, 0.6) is 5.75 Å². The number of pyridine rings is 1. The molecule has 0 bridgehead atoms. The van der Waals surface area contributed by atoms with Gasteiger partial charge in [-0.1, -0.05) is 18.2 Å². The lowest BCUT2D eigenvalue weighted by Gasteiger charge is -2.35. The Kier molecular flexibility index (Phi) is 4.32. The van der Waals surface area contributed by atoms with Crippen LogP contribution in [0.15, 0.2) is 54.7 Å². The highest BCUT2D eigenvalue weighted by Gasteiger charge is 2.58. The van der Waals surface area contributed by atoms with Gasteiger partial charge in [0.2, 0.25) is 5.91 Å². The van der Waals surface area contributed by atoms with Gasteiger partial charge in [-0.3, -0.25) is 14.6 Å². The van der Waals surface area contributed by atoms with Crippen molar-refractivity contribution < 1.29 is 14.3 Å². The van der Waals surface area contributed by atoms with Crippen LogP contribution in [0.3, 0.4) is 0 Å². The standard InChI is InChI=1S/C25H23N3O3/c1-15-8-11-27-16(2)20(15)14-28-21-13-18(17-4-3-5-19(12-17)23(26)29)6-7-22(21)31-25(9-10-25)24(28)30/h3-8,11-13H,9-10,14H2,1-2H3,(H2,26,29). The number of nitrogens with two attached hydrogens (primary N) is 1. The Bertz CT molecular complexity index is 1210. The molecule has 3 aromatic rings. The van der Waals surface area contributed by atoms with Crippen LogP contribution in [0.25, 0.3) is 11.1 Å². The SMILES string of the molecule is Cc1ccnc(C)c1CN1C(=O)C2(CC2)Oc2ccc(-c3cccc(C(N)=O)c3)cc21. The van der Waals surface area contributed by atoms with Gasteiger partial charge in [-0.15, -0.1) is 0 Å². The Morgan fingerprint density at radius 2 is 1.90 bits per heavy atom. The van der Waals surface area contributed by atoms with Gasteiger partial charge in [0.25, 0.3) is 5.91 Å². The zero-order valence-electron chi connectivity index (χ0n) is 17.5. The third-order valence-electron chi connectivity index (χ3n) is 6.20. The van der Waals surface area contributed by atoms with Crippen molar-refractivity contribution in [2.75, 3.05) is 4.90 Å². The second-order valence-corrected chi connectivity index (χ2v) is 8.31. The molecule has 2 aliphatic rings. The molecular formula is C25H23N3O3. The molecule has 2 N–H and O–H groups in total. The van der Waals surface area contributed by atoms with Crippen LogP contribution in [0, 0.1) is 13.8 Å². The van der Waals surface area contributed by atoms with Crippen LogP contribution in [0.4, 0.5) is 5.69 Å². The fourth-order valence-electron chi connectivity index (χ4n) is 4.16. The molecule has 1 spiro atoms. The van der Waals surface area contributed by atoms with Crippen LogP contribution in [0.2, 0.25) is 0 Å². The second-order valence-electron chi connectivity index (χ2n) is 8.31. The lowest BCUT2D eigenvalue weighted by molar-refractivity contribution is -0.128. The fourth-order valence-corrected chi connectivity index (χ4v) is 4.16. The molecule has 6 nitrogen and oxygen atoms in total. The van der Waals surface area contributed by atoms with Gasteiger partial charge in [0.05, 0.1) is 12.2 Å². The van der Waals surface area contributed by atoms with E-state index in [0.717, 1.165) is 46.5 Å². The molecule has 1 aliphatic heterocycles. The summed E-state index contributed by atoms with van der Waals surface area (Å²) in [5, 5.41) is 0. The van der Waals surface area contributed by atoms with Gasteiger partial charge in [-0.05, 0) is 66.4 Å². The monoisotopic (exact) mass is 413 g/mol. The number of aryl methyl sites for hydroxylation is 2. The molecule has 31 heavy (non-hydrogen) atoms. The number of carbonyl (C=O) groups is 2. The normalized spacial score (nSPS) is 16.1. The number of nitrogens with zero attached hydrogens (tertiary/aromatic N) is 2. The van der Waals surface area contributed by atoms with E-state index in [4.69, 9.17) is 10.5 Å². The van der Waals surface area contributed by atoms with Gasteiger partial charge >= 0.3 is 0 Å². The Morgan fingerprint density at radius 3 is 2.61 bits per heavy atom. The minimum absolute atomic E-state index is 0.00862. The first kappa shape index (κ1) is 19.3. The number of anilines is 1. The molecule has 1 aliphatic carbocycles. The topological polar surface area (TPSA) is 85.5 Å². The number of rotatable bonds is 4. The summed E-state index contributed by atoms with van der Waals surface area (Å²) in [6.07, 6.45) is 3.25. The second kappa shape index (κ2) is 6.94. The van der Waals surface area contributed by atoms with E-state index >= 15 is 0 Å². The molecule has 0 unspecified atom stereocenters. The Labute approximate surface area is 180 Å². The maximum atomic E-state index is 13.4. The Balaban J connectivity index is 1.60. The van der Waals surface area contributed by atoms with E-state index in [2.05, 4.69) is 4.98 Å². The van der Waals surface area contributed by atoms with Crippen molar-refractivity contribution in [1.82, 2.24) is 4.98 Å². The summed E-state index contributed by atoms with van der Waals surface area (Å²) in [6.45, 7) is 4.44. The van der Waals surface area contributed by atoms with Gasteiger partial charge in [0, 0.05) is 30.3 Å². The molecule has 156 valence electrons. The van der Waals surface area contributed by atoms with Crippen LogP contribution in [-0.2, 0) is 11.3 Å². The van der Waals surface area contributed by atoms with Crippen molar-refractivity contribution in [2.45, 2.75) is 38.8 Å². The predicted molar refractivity (Wildman–Crippen MR) is 118 cm³/mol. The van der Waals surface area contributed by atoms with Gasteiger partial charge in [-0.2, -0.15) is 0 Å². The van der Waals surface area contributed by atoms with Gasteiger partial charge in [0.15, 0.2) is 5.60 Å². The summed E-state index contributed by atoms with van der Waals surface area (Å²) in [5.41, 5.74) is 10.7. The van der Waals surface area contributed by atoms with Crippen LogP contribution in [0.1, 0.15) is 40.0 Å². The molecule has 1 aromatic heterocycles. The molecule has 2 aromatic carbocycles. The van der Waals surface area contributed by atoms with E-state index < -0.39 is 11.5 Å². The number of aromatic nitrogens is 1. The summed E-state index contributed by atoms with van der Waals surface area (Å²) >= 11 is 0. The molecular weight excluding hydrogens is 390 g/mol. The predicted octanol–water partition coefficient (Wildman–Crippen LogP) is 3.92. The average Bonchev–Trinajstić information content (AvgIpc) is 3.53. The number of ether oxygens (including phenoxy) is 1. The highest BCUT2D eigenvalue weighted by atomic mass is 16.5. The summed E-state index contributed by atoms with van der Waals surface area (Å²) in [6, 6.07) is 14.9. The smallest absolute Gasteiger partial charge is 0.271 e. The maximum Gasteiger partial charge on any atom is 0.271 e. The summed E-state index contributed by atoms with van der Waals surface area (Å²) in [5.74, 6) is 0.218. The van der Waals surface area contributed by atoms with E-state index in [1.165, 1.54) is 0 Å². The molecule has 0 atom stereocenters. The molecule has 2 heterocycles. The first-order chi connectivity index (χ1) is 14.9. The number of carbonyl (C=O) groups excluding carboxylic acids is 2. The van der Waals surface area contributed by atoms with Crippen molar-refractivity contribution in [3.63, 3.8) is 0 Å². The zero-order valence-corrected chi connectivity index (χ0v) is 17.5. The van der Waals surface area contributed by atoms with E-state index in [0.29, 0.717) is 17.9 Å². The summed E-state index contributed by atoms with van der Waals surface area (Å²) in [7, 11) is 0. The van der Waals surface area contributed by atoms with Crippen molar-refractivity contribution in [1.29, 1.82) is 0 Å². The highest BCUT2D eigenvalue weighted by molar-refractivity contribution is 6.05. The molecule has 0 saturated heterocycles. The number of fused-ring (bicyclic) bond motifs is 1. The molecule has 1 saturated carbocycles. The third-order valence-corrected chi connectivity index (χ3v) is 6.20. The molecule has 1 fully saturated rings. The van der Waals surface area contributed by atoms with E-state index in [1.807, 2.05) is 49.1 Å². The van der Waals surface area contributed by atoms with E-state index in [1.54, 1.807) is 24.4 Å². The number of hydrogen-bond acceptors (Lipinski definition) is 4. The van der Waals surface area contributed by atoms with Crippen LogP contribution < -0.4 is 15.4 Å². The number of hydrogen-bond donors (Lipinski definition) is 1. The van der Waals surface area contributed by atoms with Crippen LogP contribution in [-0.4, -0.2) is 22.4 Å². The largest absolute Gasteiger partial charge is 0.475 e. The van der Waals surface area contributed by atoms with Crippen molar-refractivity contribution in [3.8, 4) is 16.9 Å². The van der Waals surface area contributed by atoms with Gasteiger partial charge in [-0.25, -0.2) is 0 Å². The van der Waals surface area contributed by atoms with E-state index in [-0.39, 0.29) is 5.91 Å². The molecule has 0 radical (unpaired) electrons. The zero-order chi connectivity index (χ0) is 21.8. The maximum absolute atomic E-state index is 13.4. The fraction of sp³-hybridized carbons (Fsp3) is 0.240. The van der Waals surface area contributed by atoms with Crippen molar-refractivity contribution >= 4 is 17.5 Å². The third kappa shape index (κ3) is 3.24. The number of benzene rings is 2. The minimum Gasteiger partial charge on any atom is -0.475 e. The Morgan fingerprint density at radius 1 is 1.13 bits per heavy atom. The first-order valence-corrected chi connectivity index (χ1v) is 10.3. The van der Waals surface area contributed by atoms with Crippen molar-refractivity contribution in [2.24, 2.45) is 5.73 Å². The lowest BCUT2D eigenvalue weighted by Crippen LogP contribution is -2.47. The highest BCUT2D eigenvalue weighted by Crippen LogP contribution is 2.50. The van der Waals surface area contributed by atoms with Gasteiger partial charge in [0.1, 0.15) is 5.75 Å². The van der Waals surface area contributed by atoms with E-state index in [9.17, 15) is 9.59 Å². The summed E-state index contributed by atoms with van der Waals surface area (Å²) < 4.78 is 6.14. The minimum atomic E-state index is -0.732. The Hall–Kier alpha value is -3.67. The number of primary amides is 1. The van der Waals surface area contributed by atoms with Crippen molar-refractivity contribution in [3.05, 3.63) is 77.1 Å². The van der Waals surface area contributed by atoms with Gasteiger partial charge < -0.3 is 15.4 Å². The molecule has 6 heteroatoms. The van der Waals surface area contributed by atoms with Crippen LogP contribution >= 0.6 is 0 Å². The average molecular weight is 413 g/mol.